The van der Waals surface area contributed by atoms with E-state index in [-0.39, 0.29) is 54.1 Å². The van der Waals surface area contributed by atoms with Crippen LogP contribution in [0.15, 0.2) is 15.8 Å². The van der Waals surface area contributed by atoms with Crippen molar-refractivity contribution >= 4 is 37.2 Å². The number of nitrogens with zero attached hydrogens (tertiary/aromatic N) is 1. The number of H-pyrrole nitrogens is 1. The maximum atomic E-state index is 11.8. The van der Waals surface area contributed by atoms with E-state index in [0.717, 1.165) is 10.8 Å². The van der Waals surface area contributed by atoms with Gasteiger partial charge in [-0.1, -0.05) is 6.92 Å². The van der Waals surface area contributed by atoms with E-state index in [4.69, 9.17) is 4.74 Å². The van der Waals surface area contributed by atoms with E-state index in [1.807, 2.05) is 4.98 Å². The molecule has 1 aromatic heterocycles. The Hall–Kier alpha value is -0.210. The van der Waals surface area contributed by atoms with Crippen molar-refractivity contribution < 1.29 is 19.1 Å². The molecule has 10 heteroatoms. The molecule has 0 radical (unpaired) electrons. The Morgan fingerprint density at radius 1 is 1.50 bits per heavy atom. The summed E-state index contributed by atoms with van der Waals surface area (Å²) in [5.74, 6) is -0.105. The third-order valence-electron chi connectivity index (χ3n) is 3.17. The zero-order valence-electron chi connectivity index (χ0n) is 10.5. The van der Waals surface area contributed by atoms with Crippen molar-refractivity contribution in [2.24, 2.45) is 5.92 Å². The molecular weight excluding hydrogens is 298 g/mol. The van der Waals surface area contributed by atoms with Crippen LogP contribution in [0.3, 0.4) is 0 Å². The van der Waals surface area contributed by atoms with Crippen molar-refractivity contribution in [3.8, 4) is 0 Å². The molecule has 8 nitrogen and oxygen atoms in total. The fourth-order valence-electron chi connectivity index (χ4n) is 2.19. The van der Waals surface area contributed by atoms with Gasteiger partial charge in [-0.2, -0.15) is 0 Å². The summed E-state index contributed by atoms with van der Waals surface area (Å²) < 4.78 is 17.8. The van der Waals surface area contributed by atoms with Crippen molar-refractivity contribution in [2.75, 3.05) is 6.61 Å². The molecule has 1 fully saturated rings. The van der Waals surface area contributed by atoms with Crippen LogP contribution < -0.4 is 11.2 Å². The number of hydrogen-bond acceptors (Lipinski definition) is 4. The van der Waals surface area contributed by atoms with Gasteiger partial charge in [-0.25, -0.2) is 4.79 Å². The topological polar surface area (TPSA) is 122 Å². The second-order valence-corrected chi connectivity index (χ2v) is 6.64. The molecule has 1 aliphatic rings. The van der Waals surface area contributed by atoms with E-state index < -0.39 is 24.3 Å². The van der Waals surface area contributed by atoms with Crippen LogP contribution in [0.1, 0.15) is 18.9 Å². The SMILES string of the molecule is Cc1cn(C2(P(=O)(O)O)CC(C)CO2)c(=O)[nH]c1=O.[NaH]. The summed E-state index contributed by atoms with van der Waals surface area (Å²) in [6.07, 6.45) is 1.13. The van der Waals surface area contributed by atoms with Crippen molar-refractivity contribution in [2.45, 2.75) is 25.7 Å². The molecule has 2 rings (SSSR count). The van der Waals surface area contributed by atoms with Gasteiger partial charge in [0.15, 0.2) is 0 Å². The second-order valence-electron chi connectivity index (χ2n) is 4.85. The second kappa shape index (κ2) is 5.88. The summed E-state index contributed by atoms with van der Waals surface area (Å²) in [5.41, 5.74) is -3.34. The van der Waals surface area contributed by atoms with Gasteiger partial charge in [0, 0.05) is 18.2 Å². The number of aromatic amines is 1. The van der Waals surface area contributed by atoms with Gasteiger partial charge in [-0.15, -0.1) is 0 Å². The molecule has 20 heavy (non-hydrogen) atoms. The van der Waals surface area contributed by atoms with Crippen LogP contribution in [-0.4, -0.2) is 55.5 Å². The number of rotatable bonds is 2. The van der Waals surface area contributed by atoms with Crippen LogP contribution in [0, 0.1) is 12.8 Å². The quantitative estimate of drug-likeness (QED) is 0.477. The Morgan fingerprint density at radius 2 is 2.10 bits per heavy atom. The van der Waals surface area contributed by atoms with E-state index in [9.17, 15) is 23.9 Å². The molecule has 3 N–H and O–H groups in total. The number of aromatic nitrogens is 2. The minimum absolute atomic E-state index is 0. The number of hydrogen-bond donors (Lipinski definition) is 3. The Bertz CT molecular complexity index is 664. The van der Waals surface area contributed by atoms with Crippen LogP contribution in [0.5, 0.6) is 0 Å². The van der Waals surface area contributed by atoms with E-state index in [2.05, 4.69) is 0 Å². The number of ether oxygens (including phenoxy) is 1. The predicted octanol–water partition coefficient (Wildman–Crippen LogP) is -0.959. The van der Waals surface area contributed by atoms with Crippen LogP contribution >= 0.6 is 7.60 Å². The van der Waals surface area contributed by atoms with Gasteiger partial charge in [-0.05, 0) is 12.8 Å². The van der Waals surface area contributed by atoms with Gasteiger partial charge in [0.05, 0.1) is 6.61 Å². The van der Waals surface area contributed by atoms with E-state index in [0.29, 0.717) is 0 Å². The van der Waals surface area contributed by atoms with Crippen LogP contribution in [0.4, 0.5) is 0 Å². The molecule has 0 aliphatic carbocycles. The molecule has 108 valence electrons. The van der Waals surface area contributed by atoms with Gasteiger partial charge >= 0.3 is 42.8 Å². The maximum absolute atomic E-state index is 11.8. The zero-order valence-corrected chi connectivity index (χ0v) is 11.4. The third kappa shape index (κ3) is 2.87. The predicted molar refractivity (Wildman–Crippen MR) is 73.0 cm³/mol. The van der Waals surface area contributed by atoms with Crippen LogP contribution in [0.25, 0.3) is 0 Å². The number of aryl methyl sites for hydroxylation is 1. The fourth-order valence-corrected chi connectivity index (χ4v) is 3.41. The Morgan fingerprint density at radius 3 is 2.55 bits per heavy atom. The van der Waals surface area contributed by atoms with Crippen LogP contribution in [-0.2, 0) is 14.8 Å². The Labute approximate surface area is 136 Å². The van der Waals surface area contributed by atoms with E-state index in [1.54, 1.807) is 6.92 Å². The third-order valence-corrected chi connectivity index (χ3v) is 4.60. The first-order valence-corrected chi connectivity index (χ1v) is 7.31. The van der Waals surface area contributed by atoms with Gasteiger partial charge in [0.2, 0.25) is 0 Å². The molecule has 2 atom stereocenters. The molecule has 1 aromatic rings. The number of nitrogens with one attached hydrogen (secondary N) is 1. The van der Waals surface area contributed by atoms with E-state index >= 15 is 0 Å². The monoisotopic (exact) mass is 314 g/mol. The van der Waals surface area contributed by atoms with Crippen molar-refractivity contribution in [3.05, 3.63) is 32.6 Å². The molecule has 0 aromatic carbocycles. The molecule has 2 unspecified atom stereocenters. The summed E-state index contributed by atoms with van der Waals surface area (Å²) in [5, 5.41) is 0. The summed E-state index contributed by atoms with van der Waals surface area (Å²) in [7, 11) is -4.75. The van der Waals surface area contributed by atoms with Crippen molar-refractivity contribution in [3.63, 3.8) is 0 Å². The standard InChI is InChI=1S/C10H15N2O6P.Na.H/c1-6-3-10(18-5-6,19(15,16)17)12-4-7(2)8(13)11-9(12)14;;/h4,6H,3,5H2,1-2H3,(H,11,13,14)(H2,15,16,17);;. The Balaban J connectivity index is 0.00000200. The molecule has 0 spiro atoms. The van der Waals surface area contributed by atoms with Crippen molar-refractivity contribution in [1.29, 1.82) is 0 Å². The normalized spacial score (nSPS) is 26.3. The molecular formula is C10H16N2NaO6P. The average molecular weight is 314 g/mol. The fraction of sp³-hybridized carbons (Fsp3) is 0.600. The van der Waals surface area contributed by atoms with Crippen molar-refractivity contribution in [1.82, 2.24) is 9.55 Å². The molecule has 1 saturated heterocycles. The molecule has 0 bridgehead atoms. The summed E-state index contributed by atoms with van der Waals surface area (Å²) in [6, 6.07) is 0. The zero-order chi connectivity index (χ0) is 14.4. The van der Waals surface area contributed by atoms with E-state index in [1.165, 1.54) is 6.92 Å². The van der Waals surface area contributed by atoms with Crippen LogP contribution in [0.2, 0.25) is 0 Å². The summed E-state index contributed by atoms with van der Waals surface area (Å²) >= 11 is 0. The van der Waals surface area contributed by atoms with Gasteiger partial charge < -0.3 is 14.5 Å². The summed E-state index contributed by atoms with van der Waals surface area (Å²) in [6.45, 7) is 3.34. The van der Waals surface area contributed by atoms with Gasteiger partial charge in [-0.3, -0.25) is 18.9 Å². The molecule has 0 amide bonds. The first-order valence-electron chi connectivity index (χ1n) is 5.70. The first-order chi connectivity index (χ1) is 8.67. The first kappa shape index (κ1) is 17.8. The summed E-state index contributed by atoms with van der Waals surface area (Å²) in [4.78, 5) is 44.3. The van der Waals surface area contributed by atoms with Gasteiger partial charge in [0.1, 0.15) is 0 Å². The Kier molecular flexibility index (Phi) is 5.25. The molecule has 2 heterocycles. The average Bonchev–Trinajstić information content (AvgIpc) is 2.66. The van der Waals surface area contributed by atoms with Gasteiger partial charge in [0.25, 0.3) is 11.0 Å². The molecule has 1 aliphatic heterocycles. The minimum atomic E-state index is -4.75. The molecule has 0 saturated carbocycles.